The highest BCUT2D eigenvalue weighted by Crippen LogP contribution is 2.29. The number of carbonyl (C=O) groups is 3. The maximum atomic E-state index is 12.3. The molecule has 1 aromatic carbocycles. The Labute approximate surface area is 125 Å². The Morgan fingerprint density at radius 2 is 1.95 bits per heavy atom. The highest BCUT2D eigenvalue weighted by Gasteiger charge is 2.39. The third-order valence-electron chi connectivity index (χ3n) is 3.82. The lowest BCUT2D eigenvalue weighted by atomic mass is 10.0. The van der Waals surface area contributed by atoms with Crippen molar-refractivity contribution >= 4 is 17.7 Å². The number of hydrogen-bond donors (Lipinski definition) is 1. The van der Waals surface area contributed by atoms with Gasteiger partial charge in [0.1, 0.15) is 6.04 Å². The van der Waals surface area contributed by atoms with Crippen LogP contribution < -0.4 is 5.32 Å². The number of amides is 3. The molecule has 21 heavy (non-hydrogen) atoms. The lowest BCUT2D eigenvalue weighted by molar-refractivity contribution is -0.136. The van der Waals surface area contributed by atoms with Gasteiger partial charge in [-0.3, -0.25) is 19.7 Å². The lowest BCUT2D eigenvalue weighted by Gasteiger charge is -2.29. The number of piperidine rings is 1. The Bertz CT molecular complexity index is 601. The molecule has 1 unspecified atom stereocenters. The second-order valence-electron chi connectivity index (χ2n) is 5.00. The molecule has 0 spiro atoms. The van der Waals surface area contributed by atoms with Crippen LogP contribution in [0, 0.1) is 6.92 Å². The van der Waals surface area contributed by atoms with Crippen molar-refractivity contribution in [2.75, 3.05) is 0 Å². The zero-order valence-electron chi connectivity index (χ0n) is 12.6. The highest BCUT2D eigenvalue weighted by atomic mass is 16.2. The molecule has 1 saturated heterocycles. The number of rotatable bonds is 1. The number of nitrogens with one attached hydrogen (secondary N) is 1. The van der Waals surface area contributed by atoms with Gasteiger partial charge in [0, 0.05) is 20.0 Å². The molecule has 2 aliphatic rings. The van der Waals surface area contributed by atoms with E-state index in [9.17, 15) is 14.4 Å². The molecule has 1 aromatic rings. The van der Waals surface area contributed by atoms with Crippen LogP contribution in [-0.2, 0) is 16.1 Å². The third-order valence-corrected chi connectivity index (χ3v) is 3.82. The molecule has 0 aliphatic carbocycles. The molecule has 2 heterocycles. The number of hydrogen-bond acceptors (Lipinski definition) is 3. The topological polar surface area (TPSA) is 66.5 Å². The maximum absolute atomic E-state index is 12.3. The Morgan fingerprint density at radius 3 is 2.57 bits per heavy atom. The minimum absolute atomic E-state index is 0. The summed E-state index contributed by atoms with van der Waals surface area (Å²) in [5.41, 5.74) is 2.71. The summed E-state index contributed by atoms with van der Waals surface area (Å²) in [6.07, 6.45) is 0.693. The lowest BCUT2D eigenvalue weighted by Crippen LogP contribution is -2.52. The molecule has 0 bridgehead atoms. The normalized spacial score (nSPS) is 20.6. The molecule has 5 heteroatoms. The van der Waals surface area contributed by atoms with Crippen molar-refractivity contribution in [3.8, 4) is 0 Å². The van der Waals surface area contributed by atoms with Gasteiger partial charge >= 0.3 is 0 Å². The van der Waals surface area contributed by atoms with E-state index in [2.05, 4.69) is 5.32 Å². The summed E-state index contributed by atoms with van der Waals surface area (Å²) in [4.78, 5) is 36.9. The number of aryl methyl sites for hydroxylation is 1. The molecule has 2 aliphatic heterocycles. The van der Waals surface area contributed by atoms with E-state index in [4.69, 9.17) is 0 Å². The summed E-state index contributed by atoms with van der Waals surface area (Å²) >= 11 is 0. The number of benzene rings is 1. The van der Waals surface area contributed by atoms with Gasteiger partial charge in [0.2, 0.25) is 11.8 Å². The van der Waals surface area contributed by atoms with Crippen molar-refractivity contribution in [3.63, 3.8) is 0 Å². The van der Waals surface area contributed by atoms with E-state index in [0.29, 0.717) is 18.5 Å². The van der Waals surface area contributed by atoms with Crippen LogP contribution in [0.5, 0.6) is 0 Å². The molecule has 114 valence electrons. The van der Waals surface area contributed by atoms with Gasteiger partial charge in [-0.05, 0) is 30.5 Å². The molecule has 0 radical (unpaired) electrons. The van der Waals surface area contributed by atoms with Crippen molar-refractivity contribution in [1.29, 1.82) is 0 Å². The Morgan fingerprint density at radius 1 is 1.24 bits per heavy atom. The Hall–Kier alpha value is -2.17. The summed E-state index contributed by atoms with van der Waals surface area (Å²) in [7, 11) is 0. The van der Waals surface area contributed by atoms with Crippen LogP contribution in [0.2, 0.25) is 0 Å². The minimum atomic E-state index is -0.531. The van der Waals surface area contributed by atoms with Gasteiger partial charge in [-0.15, -0.1) is 0 Å². The van der Waals surface area contributed by atoms with Gasteiger partial charge in [-0.2, -0.15) is 0 Å². The summed E-state index contributed by atoms with van der Waals surface area (Å²) < 4.78 is 0. The Kier molecular flexibility index (Phi) is 4.40. The average molecular weight is 290 g/mol. The molecule has 3 amide bonds. The van der Waals surface area contributed by atoms with Crippen molar-refractivity contribution in [2.45, 2.75) is 46.2 Å². The van der Waals surface area contributed by atoms with Gasteiger partial charge < -0.3 is 4.90 Å². The molecule has 0 saturated carbocycles. The number of nitrogens with zero attached hydrogens (tertiary/aromatic N) is 1. The van der Waals surface area contributed by atoms with E-state index in [-0.39, 0.29) is 25.6 Å². The van der Waals surface area contributed by atoms with Gasteiger partial charge in [-0.25, -0.2) is 0 Å². The van der Waals surface area contributed by atoms with Gasteiger partial charge in [-0.1, -0.05) is 26.0 Å². The molecular formula is C16H22N2O3. The van der Waals surface area contributed by atoms with Crippen LogP contribution in [0.1, 0.15) is 49.6 Å². The molecule has 0 aromatic heterocycles. The third kappa shape index (κ3) is 2.68. The fraction of sp³-hybridized carbons (Fsp3) is 0.438. The van der Waals surface area contributed by atoms with E-state index in [1.807, 2.05) is 32.9 Å². The number of imide groups is 1. The van der Waals surface area contributed by atoms with Gasteiger partial charge in [0.15, 0.2) is 0 Å². The van der Waals surface area contributed by atoms with Crippen LogP contribution in [-0.4, -0.2) is 28.7 Å². The first kappa shape index (κ1) is 15.2. The average Bonchev–Trinajstić information content (AvgIpc) is 2.80. The van der Waals surface area contributed by atoms with Crippen LogP contribution in [0.25, 0.3) is 0 Å². The zero-order valence-corrected chi connectivity index (χ0v) is 12.6. The first-order valence-corrected chi connectivity index (χ1v) is 7.31. The standard InChI is InChI=1S/C14H14N2O3.C2H6.H2/c1-8-3-2-4-9-10(8)7-16(14(9)19)11-5-6-12(17)15-13(11)18;1-2;/h2-4,11H,5-7H2,1H3,(H,15,17,18);1-2H3;1H. The van der Waals surface area contributed by atoms with E-state index in [1.54, 1.807) is 11.0 Å². The second kappa shape index (κ2) is 6.08. The Balaban J connectivity index is 0.000000775. The molecule has 1 atom stereocenters. The van der Waals surface area contributed by atoms with Crippen molar-refractivity contribution < 1.29 is 15.8 Å². The summed E-state index contributed by atoms with van der Waals surface area (Å²) in [5, 5.41) is 2.30. The maximum Gasteiger partial charge on any atom is 0.255 e. The van der Waals surface area contributed by atoms with Crippen LogP contribution in [0.4, 0.5) is 0 Å². The fourth-order valence-electron chi connectivity index (χ4n) is 2.74. The first-order valence-electron chi connectivity index (χ1n) is 7.31. The quantitative estimate of drug-likeness (QED) is 0.805. The molecule has 1 fully saturated rings. The first-order chi connectivity index (χ1) is 10.1. The van der Waals surface area contributed by atoms with Crippen LogP contribution in [0.3, 0.4) is 0 Å². The van der Waals surface area contributed by atoms with E-state index < -0.39 is 6.04 Å². The van der Waals surface area contributed by atoms with E-state index >= 15 is 0 Å². The number of fused-ring (bicyclic) bond motifs is 1. The summed E-state index contributed by atoms with van der Waals surface area (Å²) in [6.45, 7) is 6.41. The fourth-order valence-corrected chi connectivity index (χ4v) is 2.74. The van der Waals surface area contributed by atoms with Crippen molar-refractivity contribution in [3.05, 3.63) is 34.9 Å². The molecule has 5 nitrogen and oxygen atoms in total. The summed E-state index contributed by atoms with van der Waals surface area (Å²) in [6, 6.07) is 5.06. The monoisotopic (exact) mass is 290 g/mol. The molecule has 1 N–H and O–H groups in total. The zero-order chi connectivity index (χ0) is 15.6. The predicted octanol–water partition coefficient (Wildman–Crippen LogP) is 2.03. The van der Waals surface area contributed by atoms with Crippen LogP contribution >= 0.6 is 0 Å². The predicted molar refractivity (Wildman–Crippen MR) is 80.7 cm³/mol. The van der Waals surface area contributed by atoms with Crippen molar-refractivity contribution in [2.24, 2.45) is 0 Å². The van der Waals surface area contributed by atoms with E-state index in [1.165, 1.54) is 0 Å². The van der Waals surface area contributed by atoms with Crippen LogP contribution in [0.15, 0.2) is 18.2 Å². The summed E-state index contributed by atoms with van der Waals surface area (Å²) in [5.74, 6) is -0.746. The van der Waals surface area contributed by atoms with E-state index in [0.717, 1.165) is 11.1 Å². The number of carbonyl (C=O) groups excluding carboxylic acids is 3. The van der Waals surface area contributed by atoms with Gasteiger partial charge in [0.25, 0.3) is 5.91 Å². The smallest absolute Gasteiger partial charge is 0.255 e. The molecular weight excluding hydrogens is 268 g/mol. The van der Waals surface area contributed by atoms with Gasteiger partial charge in [0.05, 0.1) is 0 Å². The minimum Gasteiger partial charge on any atom is -0.322 e. The largest absolute Gasteiger partial charge is 0.322 e. The molecule has 3 rings (SSSR count). The van der Waals surface area contributed by atoms with Crippen molar-refractivity contribution in [1.82, 2.24) is 10.2 Å². The SMILES string of the molecule is CC.Cc1cccc2c1CN(C1CCC(=O)NC1=O)C2=O.[HH]. The second-order valence-corrected chi connectivity index (χ2v) is 5.00. The highest BCUT2D eigenvalue weighted by molar-refractivity contribution is 6.05.